The first-order valence-corrected chi connectivity index (χ1v) is 5.41. The van der Waals surface area contributed by atoms with E-state index in [9.17, 15) is 0 Å². The highest BCUT2D eigenvalue weighted by Crippen LogP contribution is 1.97. The molecule has 1 unspecified atom stereocenters. The van der Waals surface area contributed by atoms with Crippen LogP contribution in [0.3, 0.4) is 0 Å². The second kappa shape index (κ2) is 6.82. The second-order valence-corrected chi connectivity index (χ2v) is 4.48. The van der Waals surface area contributed by atoms with Crippen LogP contribution in [0.25, 0.3) is 0 Å². The standard InChI is InChI=1S/C11H25N3/c1-9(2)12-8-13-11(5)7-14(6)10(3)4/h8-11H,7H2,1-6H3,(H,12,13). The molecule has 0 aromatic heterocycles. The summed E-state index contributed by atoms with van der Waals surface area (Å²) in [5.74, 6) is 0. The number of likely N-dealkylation sites (N-methyl/N-ethyl adjacent to an activating group) is 1. The van der Waals surface area contributed by atoms with E-state index in [0.717, 1.165) is 6.54 Å². The van der Waals surface area contributed by atoms with Crippen LogP contribution in [-0.4, -0.2) is 43.0 Å². The smallest absolute Gasteiger partial charge is 0.0829 e. The van der Waals surface area contributed by atoms with Gasteiger partial charge in [-0.3, -0.25) is 4.99 Å². The van der Waals surface area contributed by atoms with Gasteiger partial charge in [-0.1, -0.05) is 0 Å². The van der Waals surface area contributed by atoms with E-state index in [1.807, 2.05) is 6.34 Å². The maximum Gasteiger partial charge on any atom is 0.0829 e. The van der Waals surface area contributed by atoms with Crippen molar-refractivity contribution in [2.45, 2.75) is 52.7 Å². The number of aliphatic imine (C=N–C) groups is 1. The molecule has 0 aliphatic rings. The molecule has 0 saturated carbocycles. The zero-order valence-electron chi connectivity index (χ0n) is 10.4. The molecule has 0 aromatic rings. The van der Waals surface area contributed by atoms with Gasteiger partial charge in [0.25, 0.3) is 0 Å². The minimum atomic E-state index is 0.355. The van der Waals surface area contributed by atoms with E-state index in [4.69, 9.17) is 0 Å². The van der Waals surface area contributed by atoms with Crippen molar-refractivity contribution in [1.82, 2.24) is 10.2 Å². The minimum absolute atomic E-state index is 0.355. The Morgan fingerprint density at radius 3 is 2.21 bits per heavy atom. The monoisotopic (exact) mass is 199 g/mol. The lowest BCUT2D eigenvalue weighted by Crippen LogP contribution is -2.33. The van der Waals surface area contributed by atoms with Gasteiger partial charge in [0, 0.05) is 18.6 Å². The lowest BCUT2D eigenvalue weighted by molar-refractivity contribution is 0.262. The normalized spacial score (nSPS) is 14.6. The summed E-state index contributed by atoms with van der Waals surface area (Å²) in [5, 5.41) is 3.17. The number of rotatable bonds is 6. The van der Waals surface area contributed by atoms with Crippen LogP contribution in [0.5, 0.6) is 0 Å². The Hall–Kier alpha value is -0.570. The molecule has 1 N–H and O–H groups in total. The van der Waals surface area contributed by atoms with Gasteiger partial charge in [-0.15, -0.1) is 0 Å². The molecule has 0 saturated heterocycles. The molecule has 0 bridgehead atoms. The maximum atomic E-state index is 4.41. The topological polar surface area (TPSA) is 27.6 Å². The van der Waals surface area contributed by atoms with Crippen LogP contribution in [0.1, 0.15) is 34.6 Å². The molecule has 0 aliphatic heterocycles. The van der Waals surface area contributed by atoms with Crippen LogP contribution in [0.15, 0.2) is 4.99 Å². The van der Waals surface area contributed by atoms with Gasteiger partial charge in [0.1, 0.15) is 0 Å². The first-order valence-electron chi connectivity index (χ1n) is 5.41. The first-order chi connectivity index (χ1) is 6.43. The van der Waals surface area contributed by atoms with Crippen LogP contribution in [0.2, 0.25) is 0 Å². The molecule has 14 heavy (non-hydrogen) atoms. The number of nitrogens with one attached hydrogen (secondary N) is 1. The Labute approximate surface area is 88.6 Å². The van der Waals surface area contributed by atoms with Crippen LogP contribution >= 0.6 is 0 Å². The third-order valence-electron chi connectivity index (χ3n) is 2.17. The molecule has 1 atom stereocenters. The third kappa shape index (κ3) is 6.89. The summed E-state index contributed by atoms with van der Waals surface area (Å²) in [6.45, 7) is 11.8. The molecule has 0 aliphatic carbocycles. The van der Waals surface area contributed by atoms with Crippen LogP contribution in [-0.2, 0) is 0 Å². The Bertz CT molecular complexity index is 164. The highest BCUT2D eigenvalue weighted by atomic mass is 15.1. The van der Waals surface area contributed by atoms with E-state index in [1.54, 1.807) is 0 Å². The summed E-state index contributed by atoms with van der Waals surface area (Å²) in [6, 6.07) is 1.41. The van der Waals surface area contributed by atoms with Gasteiger partial charge in [0.15, 0.2) is 0 Å². The largest absolute Gasteiger partial charge is 0.374 e. The van der Waals surface area contributed by atoms with Crippen molar-refractivity contribution in [3.05, 3.63) is 0 Å². The molecule has 0 radical (unpaired) electrons. The molecule has 0 fully saturated rings. The highest BCUT2D eigenvalue weighted by Gasteiger charge is 2.06. The van der Waals surface area contributed by atoms with Crippen LogP contribution in [0, 0.1) is 0 Å². The Kier molecular flexibility index (Phi) is 6.54. The molecular weight excluding hydrogens is 174 g/mol. The van der Waals surface area contributed by atoms with Gasteiger partial charge in [-0.25, -0.2) is 0 Å². The van der Waals surface area contributed by atoms with Crippen molar-refractivity contribution in [2.24, 2.45) is 4.99 Å². The summed E-state index contributed by atoms with van der Waals surface area (Å²) < 4.78 is 0. The van der Waals surface area contributed by atoms with Crippen molar-refractivity contribution in [1.29, 1.82) is 0 Å². The highest BCUT2D eigenvalue weighted by molar-refractivity contribution is 5.54. The van der Waals surface area contributed by atoms with Crippen LogP contribution in [0.4, 0.5) is 0 Å². The van der Waals surface area contributed by atoms with E-state index < -0.39 is 0 Å². The van der Waals surface area contributed by atoms with Crippen molar-refractivity contribution in [2.75, 3.05) is 13.6 Å². The lowest BCUT2D eigenvalue weighted by Gasteiger charge is -2.22. The van der Waals surface area contributed by atoms with E-state index >= 15 is 0 Å². The lowest BCUT2D eigenvalue weighted by atomic mass is 10.3. The molecule has 0 spiro atoms. The summed E-state index contributed by atoms with van der Waals surface area (Å²) in [5.41, 5.74) is 0. The summed E-state index contributed by atoms with van der Waals surface area (Å²) in [6.07, 6.45) is 1.82. The van der Waals surface area contributed by atoms with Crippen molar-refractivity contribution in [3.63, 3.8) is 0 Å². The van der Waals surface area contributed by atoms with E-state index in [-0.39, 0.29) is 0 Å². The zero-order valence-corrected chi connectivity index (χ0v) is 10.4. The quantitative estimate of drug-likeness (QED) is 0.521. The van der Waals surface area contributed by atoms with Crippen molar-refractivity contribution < 1.29 is 0 Å². The predicted molar refractivity (Wildman–Crippen MR) is 64.0 cm³/mol. The van der Waals surface area contributed by atoms with E-state index in [1.165, 1.54) is 0 Å². The SMILES string of the molecule is CC(CN(C)C(C)C)N=CNC(C)C. The number of hydrogen-bond acceptors (Lipinski definition) is 2. The van der Waals surface area contributed by atoms with E-state index in [2.05, 4.69) is 56.9 Å². The molecule has 3 nitrogen and oxygen atoms in total. The van der Waals surface area contributed by atoms with Gasteiger partial charge in [0.2, 0.25) is 0 Å². The van der Waals surface area contributed by atoms with E-state index in [0.29, 0.717) is 18.1 Å². The fourth-order valence-corrected chi connectivity index (χ4v) is 0.994. The number of hydrogen-bond donors (Lipinski definition) is 1. The summed E-state index contributed by atoms with van der Waals surface area (Å²) in [4.78, 5) is 6.71. The Morgan fingerprint density at radius 2 is 1.79 bits per heavy atom. The van der Waals surface area contributed by atoms with Crippen molar-refractivity contribution >= 4 is 6.34 Å². The average molecular weight is 199 g/mol. The third-order valence-corrected chi connectivity index (χ3v) is 2.17. The van der Waals surface area contributed by atoms with Gasteiger partial charge in [-0.2, -0.15) is 0 Å². The fraction of sp³-hybridized carbons (Fsp3) is 0.909. The Morgan fingerprint density at radius 1 is 1.21 bits per heavy atom. The molecule has 0 amide bonds. The second-order valence-electron chi connectivity index (χ2n) is 4.48. The number of nitrogens with zero attached hydrogens (tertiary/aromatic N) is 2. The summed E-state index contributed by atoms with van der Waals surface area (Å²) in [7, 11) is 2.13. The van der Waals surface area contributed by atoms with Gasteiger partial charge < -0.3 is 10.2 Å². The van der Waals surface area contributed by atoms with Crippen molar-refractivity contribution in [3.8, 4) is 0 Å². The molecule has 0 aromatic carbocycles. The van der Waals surface area contributed by atoms with Gasteiger partial charge in [0.05, 0.1) is 12.4 Å². The van der Waals surface area contributed by atoms with Gasteiger partial charge in [-0.05, 0) is 41.7 Å². The molecule has 84 valence electrons. The molecule has 0 heterocycles. The zero-order chi connectivity index (χ0) is 11.1. The summed E-state index contributed by atoms with van der Waals surface area (Å²) >= 11 is 0. The predicted octanol–water partition coefficient (Wildman–Crippen LogP) is 1.74. The fourth-order valence-electron chi connectivity index (χ4n) is 0.994. The van der Waals surface area contributed by atoms with Gasteiger partial charge >= 0.3 is 0 Å². The first kappa shape index (κ1) is 13.4. The minimum Gasteiger partial charge on any atom is -0.374 e. The molecule has 0 rings (SSSR count). The molecule has 3 heteroatoms. The Balaban J connectivity index is 3.74. The van der Waals surface area contributed by atoms with Crippen LogP contribution < -0.4 is 5.32 Å². The molecular formula is C11H25N3. The maximum absolute atomic E-state index is 4.41. The average Bonchev–Trinajstić information content (AvgIpc) is 2.02.